The molecule has 0 spiro atoms. The first-order chi connectivity index (χ1) is 11.3. The predicted octanol–water partition coefficient (Wildman–Crippen LogP) is 4.75. The lowest BCUT2D eigenvalue weighted by atomic mass is 10.2. The number of carbonyl (C=O) groups is 1. The van der Waals surface area contributed by atoms with Crippen molar-refractivity contribution < 1.29 is 9.53 Å². The highest BCUT2D eigenvalue weighted by molar-refractivity contribution is 7.12. The molecule has 0 aliphatic heterocycles. The largest absolute Gasteiger partial charge is 0.497 e. The molecule has 0 radical (unpaired) electrons. The van der Waals surface area contributed by atoms with E-state index in [2.05, 4.69) is 10.6 Å². The highest BCUT2D eigenvalue weighted by atomic mass is 32.1. The van der Waals surface area contributed by atoms with Crippen LogP contribution in [0.25, 0.3) is 0 Å². The topological polar surface area (TPSA) is 50.4 Å². The Labute approximate surface area is 138 Å². The van der Waals surface area contributed by atoms with Gasteiger partial charge in [0.25, 0.3) is 5.91 Å². The Morgan fingerprint density at radius 2 is 1.70 bits per heavy atom. The molecule has 23 heavy (non-hydrogen) atoms. The number of hydrogen-bond acceptors (Lipinski definition) is 4. The maximum atomic E-state index is 12.2. The molecule has 3 rings (SSSR count). The maximum Gasteiger partial charge on any atom is 0.265 e. The summed E-state index contributed by atoms with van der Waals surface area (Å²) in [6.45, 7) is 0. The van der Waals surface area contributed by atoms with Crippen LogP contribution >= 0.6 is 11.3 Å². The Bertz CT molecular complexity index is 783. The van der Waals surface area contributed by atoms with Crippen molar-refractivity contribution in [2.75, 3.05) is 17.7 Å². The van der Waals surface area contributed by atoms with Crippen molar-refractivity contribution in [3.05, 3.63) is 70.9 Å². The number of para-hydroxylation sites is 2. The zero-order valence-corrected chi connectivity index (χ0v) is 13.4. The first-order valence-corrected chi connectivity index (χ1v) is 7.99. The average Bonchev–Trinajstić information content (AvgIpc) is 3.12. The summed E-state index contributed by atoms with van der Waals surface area (Å²) in [6, 6.07) is 18.9. The molecule has 1 heterocycles. The number of thiophene rings is 1. The van der Waals surface area contributed by atoms with Crippen molar-refractivity contribution in [2.45, 2.75) is 0 Å². The van der Waals surface area contributed by atoms with Crippen LogP contribution in [0, 0.1) is 0 Å². The highest BCUT2D eigenvalue weighted by Gasteiger charge is 2.09. The van der Waals surface area contributed by atoms with E-state index in [0.29, 0.717) is 4.88 Å². The number of nitrogens with one attached hydrogen (secondary N) is 2. The third kappa shape index (κ3) is 3.70. The molecule has 2 N–H and O–H groups in total. The summed E-state index contributed by atoms with van der Waals surface area (Å²) in [5.41, 5.74) is 2.49. The quantitative estimate of drug-likeness (QED) is 0.712. The zero-order valence-electron chi connectivity index (χ0n) is 12.6. The van der Waals surface area contributed by atoms with E-state index >= 15 is 0 Å². The SMILES string of the molecule is COc1ccc(Nc2ccccc2NC(=O)c2cccs2)cc1. The van der Waals surface area contributed by atoms with Gasteiger partial charge in [-0.1, -0.05) is 18.2 Å². The van der Waals surface area contributed by atoms with Crippen LogP contribution in [0.3, 0.4) is 0 Å². The normalized spacial score (nSPS) is 10.1. The van der Waals surface area contributed by atoms with Gasteiger partial charge in [0.05, 0.1) is 23.4 Å². The van der Waals surface area contributed by atoms with Gasteiger partial charge in [0, 0.05) is 5.69 Å². The van der Waals surface area contributed by atoms with Gasteiger partial charge < -0.3 is 15.4 Å². The van der Waals surface area contributed by atoms with Gasteiger partial charge in [-0.25, -0.2) is 0 Å². The van der Waals surface area contributed by atoms with Crippen LogP contribution in [0.5, 0.6) is 5.75 Å². The molecule has 2 aromatic carbocycles. The second-order valence-electron chi connectivity index (χ2n) is 4.83. The number of amides is 1. The van der Waals surface area contributed by atoms with E-state index in [9.17, 15) is 4.79 Å². The molecule has 0 atom stereocenters. The standard InChI is InChI=1S/C18H16N2O2S/c1-22-14-10-8-13(9-11-14)19-15-5-2-3-6-16(15)20-18(21)17-7-4-12-23-17/h2-12,19H,1H3,(H,20,21). The van der Waals surface area contributed by atoms with Gasteiger partial charge in [0.2, 0.25) is 0 Å². The van der Waals surface area contributed by atoms with E-state index in [4.69, 9.17) is 4.74 Å². The summed E-state index contributed by atoms with van der Waals surface area (Å²) in [5, 5.41) is 8.13. The van der Waals surface area contributed by atoms with Gasteiger partial charge in [0.1, 0.15) is 5.75 Å². The van der Waals surface area contributed by atoms with Crippen molar-refractivity contribution in [1.29, 1.82) is 0 Å². The Hall–Kier alpha value is -2.79. The van der Waals surface area contributed by atoms with Crippen molar-refractivity contribution in [3.8, 4) is 5.75 Å². The molecule has 1 amide bonds. The number of benzene rings is 2. The van der Waals surface area contributed by atoms with Crippen LogP contribution in [0.15, 0.2) is 66.0 Å². The molecule has 0 saturated carbocycles. The van der Waals surface area contributed by atoms with Crippen LogP contribution in [0.2, 0.25) is 0 Å². The van der Waals surface area contributed by atoms with Crippen molar-refractivity contribution >= 4 is 34.3 Å². The number of anilines is 3. The van der Waals surface area contributed by atoms with Crippen LogP contribution < -0.4 is 15.4 Å². The fraction of sp³-hybridized carbons (Fsp3) is 0.0556. The fourth-order valence-corrected chi connectivity index (χ4v) is 2.74. The minimum atomic E-state index is -0.107. The summed E-state index contributed by atoms with van der Waals surface area (Å²) in [5.74, 6) is 0.693. The van der Waals surface area contributed by atoms with Gasteiger partial charge in [-0.3, -0.25) is 4.79 Å². The lowest BCUT2D eigenvalue weighted by Gasteiger charge is -2.13. The monoisotopic (exact) mass is 324 g/mol. The lowest BCUT2D eigenvalue weighted by Crippen LogP contribution is -2.11. The van der Waals surface area contributed by atoms with Crippen LogP contribution in [-0.2, 0) is 0 Å². The van der Waals surface area contributed by atoms with Crippen LogP contribution in [-0.4, -0.2) is 13.0 Å². The molecule has 4 nitrogen and oxygen atoms in total. The summed E-state index contributed by atoms with van der Waals surface area (Å²) >= 11 is 1.42. The molecule has 1 aromatic heterocycles. The zero-order chi connectivity index (χ0) is 16.1. The third-order valence-corrected chi connectivity index (χ3v) is 4.16. The maximum absolute atomic E-state index is 12.2. The first-order valence-electron chi connectivity index (χ1n) is 7.11. The van der Waals surface area contributed by atoms with Crippen LogP contribution in [0.1, 0.15) is 9.67 Å². The van der Waals surface area contributed by atoms with Gasteiger partial charge >= 0.3 is 0 Å². The Balaban J connectivity index is 1.78. The molecular weight excluding hydrogens is 308 g/mol. The Morgan fingerprint density at radius 3 is 2.35 bits per heavy atom. The van der Waals surface area contributed by atoms with E-state index in [1.165, 1.54) is 11.3 Å². The summed E-state index contributed by atoms with van der Waals surface area (Å²) in [6.07, 6.45) is 0. The van der Waals surface area contributed by atoms with Gasteiger partial charge in [-0.15, -0.1) is 11.3 Å². The highest BCUT2D eigenvalue weighted by Crippen LogP contribution is 2.27. The molecule has 0 saturated heterocycles. The molecule has 0 aliphatic carbocycles. The minimum Gasteiger partial charge on any atom is -0.497 e. The molecule has 0 fully saturated rings. The smallest absolute Gasteiger partial charge is 0.265 e. The number of hydrogen-bond donors (Lipinski definition) is 2. The third-order valence-electron chi connectivity index (χ3n) is 3.29. The molecule has 0 unspecified atom stereocenters. The van der Waals surface area contributed by atoms with Gasteiger partial charge in [-0.2, -0.15) is 0 Å². The predicted molar refractivity (Wildman–Crippen MR) is 95.0 cm³/mol. The van der Waals surface area contributed by atoms with Gasteiger partial charge in [0.15, 0.2) is 0 Å². The molecule has 5 heteroatoms. The molecule has 3 aromatic rings. The molecule has 0 aliphatic rings. The molecular formula is C18H16N2O2S. The summed E-state index contributed by atoms with van der Waals surface area (Å²) in [4.78, 5) is 12.9. The number of methoxy groups -OCH3 is 1. The number of ether oxygens (including phenoxy) is 1. The van der Waals surface area contributed by atoms with Crippen molar-refractivity contribution in [1.82, 2.24) is 0 Å². The number of carbonyl (C=O) groups excluding carboxylic acids is 1. The average molecular weight is 324 g/mol. The van der Waals surface area contributed by atoms with Gasteiger partial charge in [-0.05, 0) is 47.8 Å². The van der Waals surface area contributed by atoms with E-state index < -0.39 is 0 Å². The van der Waals surface area contributed by atoms with E-state index in [1.54, 1.807) is 13.2 Å². The second kappa shape index (κ2) is 6.98. The van der Waals surface area contributed by atoms with E-state index in [0.717, 1.165) is 22.8 Å². The Kier molecular flexibility index (Phi) is 4.59. The fourth-order valence-electron chi connectivity index (χ4n) is 2.12. The molecule has 116 valence electrons. The Morgan fingerprint density at radius 1 is 0.957 bits per heavy atom. The first kappa shape index (κ1) is 15.1. The molecule has 0 bridgehead atoms. The second-order valence-corrected chi connectivity index (χ2v) is 5.78. The summed E-state index contributed by atoms with van der Waals surface area (Å²) < 4.78 is 5.15. The van der Waals surface area contributed by atoms with Crippen molar-refractivity contribution in [3.63, 3.8) is 0 Å². The lowest BCUT2D eigenvalue weighted by molar-refractivity contribution is 0.103. The number of rotatable bonds is 5. The summed E-state index contributed by atoms with van der Waals surface area (Å²) in [7, 11) is 1.64. The van der Waals surface area contributed by atoms with Crippen LogP contribution in [0.4, 0.5) is 17.1 Å². The van der Waals surface area contributed by atoms with Crippen molar-refractivity contribution in [2.24, 2.45) is 0 Å². The van der Waals surface area contributed by atoms with E-state index in [1.807, 2.05) is 60.0 Å². The minimum absolute atomic E-state index is 0.107. The van der Waals surface area contributed by atoms with E-state index in [-0.39, 0.29) is 5.91 Å².